The number of anilines is 1. The van der Waals surface area contributed by atoms with E-state index in [1.165, 1.54) is 11.3 Å². The summed E-state index contributed by atoms with van der Waals surface area (Å²) in [6.07, 6.45) is -0.624. The van der Waals surface area contributed by atoms with Crippen LogP contribution in [0.2, 0.25) is 0 Å². The molecule has 0 aliphatic carbocycles. The number of rotatable bonds is 5. The van der Waals surface area contributed by atoms with Crippen LogP contribution in [0, 0.1) is 0 Å². The number of amides is 1. The molecule has 0 bridgehead atoms. The summed E-state index contributed by atoms with van der Waals surface area (Å²) in [4.78, 5) is 12.2. The van der Waals surface area contributed by atoms with Crippen molar-refractivity contribution in [3.8, 4) is 16.3 Å². The Morgan fingerprint density at radius 2 is 1.70 bits per heavy atom. The molecule has 23 heavy (non-hydrogen) atoms. The Bertz CT molecular complexity index is 775. The molecule has 0 radical (unpaired) electrons. The van der Waals surface area contributed by atoms with E-state index in [-0.39, 0.29) is 5.91 Å². The van der Waals surface area contributed by atoms with Gasteiger partial charge in [0.15, 0.2) is 6.10 Å². The van der Waals surface area contributed by atoms with Gasteiger partial charge in [0, 0.05) is 5.56 Å². The lowest BCUT2D eigenvalue weighted by molar-refractivity contribution is -0.122. The lowest BCUT2D eigenvalue weighted by atomic mass is 10.2. The quantitative estimate of drug-likeness (QED) is 0.778. The minimum Gasteiger partial charge on any atom is -0.481 e. The minimum atomic E-state index is -0.624. The zero-order chi connectivity index (χ0) is 16.1. The molecule has 0 spiro atoms. The molecule has 5 nitrogen and oxygen atoms in total. The Morgan fingerprint density at radius 1 is 1.04 bits per heavy atom. The molecule has 1 aromatic heterocycles. The summed E-state index contributed by atoms with van der Waals surface area (Å²) < 4.78 is 5.58. The van der Waals surface area contributed by atoms with Crippen molar-refractivity contribution in [2.75, 3.05) is 5.32 Å². The van der Waals surface area contributed by atoms with E-state index in [4.69, 9.17) is 4.74 Å². The number of hydrogen-bond donors (Lipinski definition) is 1. The van der Waals surface area contributed by atoms with Gasteiger partial charge in [0.2, 0.25) is 5.13 Å². The highest BCUT2D eigenvalue weighted by atomic mass is 32.1. The highest BCUT2D eigenvalue weighted by Gasteiger charge is 2.17. The van der Waals surface area contributed by atoms with Crippen molar-refractivity contribution in [2.45, 2.75) is 13.0 Å². The third-order valence-corrected chi connectivity index (χ3v) is 3.99. The molecular formula is C17H15N3O2S. The average molecular weight is 325 g/mol. The van der Waals surface area contributed by atoms with Crippen molar-refractivity contribution in [3.05, 3.63) is 60.7 Å². The summed E-state index contributed by atoms with van der Waals surface area (Å²) in [5, 5.41) is 12.0. The summed E-state index contributed by atoms with van der Waals surface area (Å²) in [5.74, 6) is 0.391. The van der Waals surface area contributed by atoms with Gasteiger partial charge in [0.1, 0.15) is 10.8 Å². The van der Waals surface area contributed by atoms with Crippen molar-refractivity contribution in [3.63, 3.8) is 0 Å². The maximum atomic E-state index is 12.2. The molecule has 1 heterocycles. The Kier molecular flexibility index (Phi) is 4.63. The summed E-state index contributed by atoms with van der Waals surface area (Å²) >= 11 is 1.33. The standard InChI is InChI=1S/C17H15N3O2S/c1-12(22-14-10-6-3-7-11-14)15(21)18-17-20-19-16(23-17)13-8-4-2-5-9-13/h2-12H,1H3,(H,18,20,21)/t12-/m1/s1. The van der Waals surface area contributed by atoms with Gasteiger partial charge in [-0.25, -0.2) is 0 Å². The Labute approximate surface area is 138 Å². The molecule has 0 saturated heterocycles. The number of ether oxygens (including phenoxy) is 1. The zero-order valence-corrected chi connectivity index (χ0v) is 13.3. The van der Waals surface area contributed by atoms with Crippen LogP contribution in [-0.2, 0) is 4.79 Å². The van der Waals surface area contributed by atoms with Crippen molar-refractivity contribution < 1.29 is 9.53 Å². The molecule has 0 aliphatic rings. The predicted octanol–water partition coefficient (Wildman–Crippen LogP) is 3.61. The summed E-state index contributed by atoms with van der Waals surface area (Å²) in [7, 11) is 0. The third kappa shape index (κ3) is 3.92. The lowest BCUT2D eigenvalue weighted by Gasteiger charge is -2.13. The zero-order valence-electron chi connectivity index (χ0n) is 12.5. The largest absolute Gasteiger partial charge is 0.481 e. The topological polar surface area (TPSA) is 64.1 Å². The first-order chi connectivity index (χ1) is 11.2. The van der Waals surface area contributed by atoms with E-state index in [2.05, 4.69) is 15.5 Å². The number of carbonyl (C=O) groups excluding carboxylic acids is 1. The maximum Gasteiger partial charge on any atom is 0.266 e. The van der Waals surface area contributed by atoms with Crippen molar-refractivity contribution >= 4 is 22.4 Å². The van der Waals surface area contributed by atoms with Gasteiger partial charge in [-0.15, -0.1) is 10.2 Å². The van der Waals surface area contributed by atoms with Gasteiger partial charge in [0.25, 0.3) is 5.91 Å². The molecule has 2 aromatic carbocycles. The van der Waals surface area contributed by atoms with Gasteiger partial charge in [-0.3, -0.25) is 10.1 Å². The molecule has 0 aliphatic heterocycles. The first-order valence-corrected chi connectivity index (χ1v) is 7.95. The molecule has 116 valence electrons. The fraction of sp³-hybridized carbons (Fsp3) is 0.118. The first kappa shape index (κ1) is 15.2. The fourth-order valence-corrected chi connectivity index (χ4v) is 2.69. The number of aromatic nitrogens is 2. The third-order valence-electron chi connectivity index (χ3n) is 3.10. The maximum absolute atomic E-state index is 12.2. The number of nitrogens with zero attached hydrogens (tertiary/aromatic N) is 2. The molecule has 0 fully saturated rings. The summed E-state index contributed by atoms with van der Waals surface area (Å²) in [6, 6.07) is 18.9. The predicted molar refractivity (Wildman–Crippen MR) is 90.5 cm³/mol. The number of carbonyl (C=O) groups is 1. The molecular weight excluding hydrogens is 310 g/mol. The monoisotopic (exact) mass is 325 g/mol. The smallest absolute Gasteiger partial charge is 0.266 e. The van der Waals surface area contributed by atoms with Crippen LogP contribution >= 0.6 is 11.3 Å². The van der Waals surface area contributed by atoms with E-state index >= 15 is 0 Å². The second kappa shape index (κ2) is 7.02. The molecule has 0 saturated carbocycles. The van der Waals surface area contributed by atoms with Crippen molar-refractivity contribution in [1.82, 2.24) is 10.2 Å². The van der Waals surface area contributed by atoms with Gasteiger partial charge in [0.05, 0.1) is 0 Å². The van der Waals surface area contributed by atoms with E-state index < -0.39 is 6.10 Å². The van der Waals surface area contributed by atoms with E-state index in [0.717, 1.165) is 10.6 Å². The molecule has 3 rings (SSSR count). The average Bonchev–Trinajstić information content (AvgIpc) is 3.05. The molecule has 0 unspecified atom stereocenters. The van der Waals surface area contributed by atoms with E-state index in [9.17, 15) is 4.79 Å². The van der Waals surface area contributed by atoms with Crippen LogP contribution in [-0.4, -0.2) is 22.2 Å². The number of para-hydroxylation sites is 1. The molecule has 3 aromatic rings. The van der Waals surface area contributed by atoms with Gasteiger partial charge < -0.3 is 4.74 Å². The highest BCUT2D eigenvalue weighted by Crippen LogP contribution is 2.26. The summed E-state index contributed by atoms with van der Waals surface area (Å²) in [6.45, 7) is 1.70. The molecule has 1 N–H and O–H groups in total. The van der Waals surface area contributed by atoms with Crippen LogP contribution in [0.15, 0.2) is 60.7 Å². The highest BCUT2D eigenvalue weighted by molar-refractivity contribution is 7.18. The SMILES string of the molecule is C[C@@H](Oc1ccccc1)C(=O)Nc1nnc(-c2ccccc2)s1. The second-order valence-electron chi connectivity index (χ2n) is 4.84. The first-order valence-electron chi connectivity index (χ1n) is 7.14. The van der Waals surface area contributed by atoms with Gasteiger partial charge in [-0.2, -0.15) is 0 Å². The van der Waals surface area contributed by atoms with Crippen LogP contribution < -0.4 is 10.1 Å². The number of nitrogens with one attached hydrogen (secondary N) is 1. The molecule has 6 heteroatoms. The lowest BCUT2D eigenvalue weighted by Crippen LogP contribution is -2.30. The van der Waals surface area contributed by atoms with E-state index in [0.29, 0.717) is 10.9 Å². The summed E-state index contributed by atoms with van der Waals surface area (Å²) in [5.41, 5.74) is 0.971. The molecule has 1 atom stereocenters. The van der Waals surface area contributed by atoms with Crippen LogP contribution in [0.3, 0.4) is 0 Å². The minimum absolute atomic E-state index is 0.260. The van der Waals surface area contributed by atoms with Crippen LogP contribution in [0.5, 0.6) is 5.75 Å². The fourth-order valence-electron chi connectivity index (χ4n) is 1.93. The van der Waals surface area contributed by atoms with Gasteiger partial charge in [-0.05, 0) is 19.1 Å². The Morgan fingerprint density at radius 3 is 2.39 bits per heavy atom. The number of benzene rings is 2. The van der Waals surface area contributed by atoms with E-state index in [1.54, 1.807) is 6.92 Å². The Hall–Kier alpha value is -2.73. The number of hydrogen-bond acceptors (Lipinski definition) is 5. The van der Waals surface area contributed by atoms with E-state index in [1.807, 2.05) is 60.7 Å². The van der Waals surface area contributed by atoms with Gasteiger partial charge >= 0.3 is 0 Å². The van der Waals surface area contributed by atoms with Crippen LogP contribution in [0.25, 0.3) is 10.6 Å². The molecule has 1 amide bonds. The van der Waals surface area contributed by atoms with Crippen molar-refractivity contribution in [2.24, 2.45) is 0 Å². The van der Waals surface area contributed by atoms with Crippen LogP contribution in [0.4, 0.5) is 5.13 Å². The Balaban J connectivity index is 1.63. The van der Waals surface area contributed by atoms with Crippen molar-refractivity contribution in [1.29, 1.82) is 0 Å². The van der Waals surface area contributed by atoms with Crippen LogP contribution in [0.1, 0.15) is 6.92 Å². The van der Waals surface area contributed by atoms with Gasteiger partial charge in [-0.1, -0.05) is 59.9 Å². The second-order valence-corrected chi connectivity index (χ2v) is 5.82. The normalized spacial score (nSPS) is 11.7.